The van der Waals surface area contributed by atoms with E-state index in [9.17, 15) is 0 Å². The molecule has 0 bridgehead atoms. The van der Waals surface area contributed by atoms with Gasteiger partial charge < -0.3 is 0 Å². The quantitative estimate of drug-likeness (QED) is 0.369. The molecule has 0 unspecified atom stereocenters. The molecular weight excluding hydrogens is 407 g/mol. The van der Waals surface area contributed by atoms with Gasteiger partial charge >= 0.3 is 64.8 Å². The second-order valence-electron chi connectivity index (χ2n) is 1.85. The molecule has 0 radical (unpaired) electrons. The topological polar surface area (TPSA) is 0 Å². The molecule has 52 valence electrons. The summed E-state index contributed by atoms with van der Waals surface area (Å²) in [5, 5.41) is 0. The fraction of sp³-hybridized carbons (Fsp3) is 0. The van der Waals surface area contributed by atoms with Crippen LogP contribution in [-0.2, 0) is 21.1 Å². The fourth-order valence-corrected chi connectivity index (χ4v) is 2.85. The van der Waals surface area contributed by atoms with Crippen LogP contribution in [0.1, 0.15) is 5.56 Å². The van der Waals surface area contributed by atoms with E-state index >= 15 is 0 Å². The molecule has 1 aromatic rings. The molecule has 0 nitrogen and oxygen atoms in total. The zero-order valence-corrected chi connectivity index (χ0v) is 10.3. The van der Waals surface area contributed by atoms with Crippen LogP contribution in [0.3, 0.4) is 0 Å². The summed E-state index contributed by atoms with van der Waals surface area (Å²) >= 11 is 0.211. The Hall–Kier alpha value is 0.378. The van der Waals surface area contributed by atoms with Crippen molar-refractivity contribution in [2.75, 3.05) is 0 Å². The normalized spacial score (nSPS) is 13.2. The van der Waals surface area contributed by atoms with Crippen LogP contribution in [0.4, 0.5) is 0 Å². The first kappa shape index (κ1) is 8.47. The predicted molar refractivity (Wildman–Crippen MR) is 33.0 cm³/mol. The molecule has 2 rings (SSSR count). The predicted octanol–water partition coefficient (Wildman–Crippen LogP) is -1.27. The number of hydrogen-bond donors (Lipinski definition) is 0. The van der Waals surface area contributed by atoms with Crippen molar-refractivity contribution < 1.29 is 42.3 Å². The van der Waals surface area contributed by atoms with Gasteiger partial charge in [0.15, 0.2) is 0 Å². The first-order valence-corrected chi connectivity index (χ1v) is 5.09. The molecule has 0 atom stereocenters. The summed E-state index contributed by atoms with van der Waals surface area (Å²) in [6.45, 7) is 0. The summed E-state index contributed by atoms with van der Waals surface area (Å²) < 4.78 is 3.80. The average molecular weight is 412 g/mol. The minimum absolute atomic E-state index is 0. The Kier molecular flexibility index (Phi) is 3.12. The molecule has 0 amide bonds. The van der Waals surface area contributed by atoms with Gasteiger partial charge in [-0.25, -0.2) is 0 Å². The third-order valence-corrected chi connectivity index (χ3v) is 3.59. The van der Waals surface area contributed by atoms with Gasteiger partial charge in [-0.15, -0.1) is 0 Å². The van der Waals surface area contributed by atoms with Crippen LogP contribution in [0.5, 0.6) is 0 Å². The molecule has 0 N–H and O–H groups in total. The van der Waals surface area contributed by atoms with Crippen LogP contribution in [0.25, 0.3) is 6.08 Å². The van der Waals surface area contributed by atoms with Crippen LogP contribution in [0.2, 0.25) is 0 Å². The molecule has 2 heteroatoms. The van der Waals surface area contributed by atoms with Crippen LogP contribution in [-0.4, -0.2) is 0 Å². The molecule has 0 saturated carbocycles. The summed E-state index contributed by atoms with van der Waals surface area (Å²) in [6, 6.07) is 9.27. The van der Waals surface area contributed by atoms with E-state index in [1.165, 1.54) is 9.13 Å². The Morgan fingerprint density at radius 2 is 2.30 bits per heavy atom. The molecule has 1 aromatic carbocycles. The van der Waals surface area contributed by atoms with Gasteiger partial charge in [-0.05, 0) is 0 Å². The number of hydrogen-bond acceptors (Lipinski definition) is 0. The Labute approximate surface area is 85.2 Å². The van der Waals surface area contributed by atoms with E-state index in [-0.39, 0.29) is 42.3 Å². The number of halogens is 1. The third-order valence-electron chi connectivity index (χ3n) is 1.27. The van der Waals surface area contributed by atoms with Crippen molar-refractivity contribution in [3.63, 3.8) is 0 Å². The molecule has 1 heterocycles. The van der Waals surface area contributed by atoms with E-state index in [4.69, 9.17) is 0 Å². The first-order valence-electron chi connectivity index (χ1n) is 2.77. The van der Waals surface area contributed by atoms with Crippen LogP contribution in [0, 0.1) is 9.64 Å². The molecule has 0 aliphatic carbocycles. The molecule has 0 spiro atoms. The van der Waals surface area contributed by atoms with Gasteiger partial charge in [-0.2, -0.15) is 0 Å². The molecule has 0 aromatic heterocycles. The molecule has 10 heavy (non-hydrogen) atoms. The van der Waals surface area contributed by atoms with Gasteiger partial charge in [0.05, 0.1) is 0 Å². The summed E-state index contributed by atoms with van der Waals surface area (Å²) in [5.74, 6) is 0. The van der Waals surface area contributed by atoms with Gasteiger partial charge in [0.2, 0.25) is 0 Å². The average Bonchev–Trinajstić information content (AvgIpc) is 2.33. The van der Waals surface area contributed by atoms with Crippen molar-refractivity contribution >= 4 is 6.08 Å². The van der Waals surface area contributed by atoms with Crippen molar-refractivity contribution in [3.8, 4) is 0 Å². The van der Waals surface area contributed by atoms with Gasteiger partial charge in [-0.1, -0.05) is 0 Å². The maximum absolute atomic E-state index is 3.08. The Morgan fingerprint density at radius 3 is 3.10 bits per heavy atom. The molecular formula is C8H5IW-2. The fourth-order valence-electron chi connectivity index (χ4n) is 0.819. The Morgan fingerprint density at radius 1 is 1.40 bits per heavy atom. The van der Waals surface area contributed by atoms with E-state index in [1.807, 2.05) is 6.07 Å². The van der Waals surface area contributed by atoms with E-state index in [1.54, 1.807) is 0 Å². The second kappa shape index (κ2) is 3.68. The zero-order chi connectivity index (χ0) is 6.10. The van der Waals surface area contributed by atoms with E-state index in [0.717, 1.165) is 0 Å². The SMILES string of the molecule is [W].[c-]1ccc2c(c1)[I-]C=C2. The van der Waals surface area contributed by atoms with Gasteiger partial charge in [0, 0.05) is 21.1 Å². The van der Waals surface area contributed by atoms with Gasteiger partial charge in [0.1, 0.15) is 0 Å². The van der Waals surface area contributed by atoms with Crippen LogP contribution < -0.4 is 21.2 Å². The van der Waals surface area contributed by atoms with Crippen molar-refractivity contribution in [2.24, 2.45) is 0 Å². The number of rotatable bonds is 0. The third kappa shape index (κ3) is 1.51. The Bertz CT molecular complexity index is 255. The van der Waals surface area contributed by atoms with E-state index in [0.29, 0.717) is 0 Å². The standard InChI is InChI=1S/C8H5I.W/c1-2-4-8-7(3-1)5-6-9-8;/h1,3-6H;/q-2;. The van der Waals surface area contributed by atoms with E-state index < -0.39 is 0 Å². The molecule has 1 aliphatic heterocycles. The van der Waals surface area contributed by atoms with E-state index in [2.05, 4.69) is 28.4 Å². The summed E-state index contributed by atoms with van der Waals surface area (Å²) in [6.07, 6.45) is 2.20. The second-order valence-corrected chi connectivity index (χ2v) is 4.35. The van der Waals surface area contributed by atoms with Crippen LogP contribution >= 0.6 is 0 Å². The monoisotopic (exact) mass is 412 g/mol. The van der Waals surface area contributed by atoms with Crippen LogP contribution in [0.15, 0.2) is 22.3 Å². The zero-order valence-electron chi connectivity index (χ0n) is 5.17. The van der Waals surface area contributed by atoms with Crippen molar-refractivity contribution in [3.05, 3.63) is 37.5 Å². The number of fused-ring (bicyclic) bond motifs is 1. The molecule has 1 aliphatic rings. The number of benzene rings is 1. The maximum atomic E-state index is 3.08. The minimum atomic E-state index is 0. The van der Waals surface area contributed by atoms with Crippen molar-refractivity contribution in [1.29, 1.82) is 0 Å². The van der Waals surface area contributed by atoms with Gasteiger partial charge in [0.25, 0.3) is 0 Å². The summed E-state index contributed by atoms with van der Waals surface area (Å²) in [5.41, 5.74) is 1.40. The van der Waals surface area contributed by atoms with Crippen molar-refractivity contribution in [2.45, 2.75) is 0 Å². The Balaban J connectivity index is 0.000000500. The van der Waals surface area contributed by atoms with Gasteiger partial charge in [-0.3, -0.25) is 0 Å². The molecule has 0 fully saturated rings. The first-order chi connectivity index (χ1) is 4.47. The summed E-state index contributed by atoms with van der Waals surface area (Å²) in [4.78, 5) is 0. The molecule has 0 saturated heterocycles. The van der Waals surface area contributed by atoms with Crippen molar-refractivity contribution in [1.82, 2.24) is 0 Å². The summed E-state index contributed by atoms with van der Waals surface area (Å²) in [7, 11) is 0.